The molecule has 1 aromatic carbocycles. The Morgan fingerprint density at radius 1 is 1.20 bits per heavy atom. The fourth-order valence-electron chi connectivity index (χ4n) is 3.44. The van der Waals surface area contributed by atoms with E-state index in [0.717, 1.165) is 38.4 Å². The molecule has 138 valence electrons. The fraction of sp³-hybridized carbons (Fsp3) is 0.632. The van der Waals surface area contributed by atoms with Crippen LogP contribution in [-0.2, 0) is 9.53 Å². The highest BCUT2D eigenvalue weighted by molar-refractivity contribution is 5.94. The number of benzene rings is 1. The SMILES string of the molecule is CC(C)N1CCN(c2cccc(NC(=O)[C@@H]3CN(C)CCO3)c2)CC1. The Hall–Kier alpha value is -1.63. The van der Waals surface area contributed by atoms with Crippen molar-refractivity contribution in [2.24, 2.45) is 0 Å². The van der Waals surface area contributed by atoms with Gasteiger partial charge in [0.15, 0.2) is 0 Å². The predicted molar refractivity (Wildman–Crippen MR) is 101 cm³/mol. The zero-order chi connectivity index (χ0) is 17.8. The molecule has 0 spiro atoms. The van der Waals surface area contributed by atoms with Gasteiger partial charge < -0.3 is 19.9 Å². The van der Waals surface area contributed by atoms with Crippen LogP contribution in [-0.4, -0.2) is 80.8 Å². The van der Waals surface area contributed by atoms with Crippen LogP contribution in [0.2, 0.25) is 0 Å². The van der Waals surface area contributed by atoms with Crippen LogP contribution in [0.3, 0.4) is 0 Å². The average Bonchev–Trinajstić information content (AvgIpc) is 2.62. The van der Waals surface area contributed by atoms with E-state index in [1.165, 1.54) is 5.69 Å². The number of ether oxygens (including phenoxy) is 1. The first kappa shape index (κ1) is 18.2. The molecule has 0 unspecified atom stereocenters. The zero-order valence-electron chi connectivity index (χ0n) is 15.6. The van der Waals surface area contributed by atoms with Gasteiger partial charge >= 0.3 is 0 Å². The van der Waals surface area contributed by atoms with E-state index in [0.29, 0.717) is 19.2 Å². The Morgan fingerprint density at radius 3 is 2.64 bits per heavy atom. The Labute approximate surface area is 150 Å². The first-order valence-electron chi connectivity index (χ1n) is 9.23. The van der Waals surface area contributed by atoms with Crippen molar-refractivity contribution in [2.75, 3.05) is 63.1 Å². The molecule has 0 radical (unpaired) electrons. The smallest absolute Gasteiger partial charge is 0.254 e. The number of morpholine rings is 1. The Morgan fingerprint density at radius 2 is 1.96 bits per heavy atom. The van der Waals surface area contributed by atoms with E-state index in [9.17, 15) is 4.79 Å². The number of anilines is 2. The summed E-state index contributed by atoms with van der Waals surface area (Å²) in [6.45, 7) is 10.8. The molecule has 6 heteroatoms. The number of hydrogen-bond acceptors (Lipinski definition) is 5. The lowest BCUT2D eigenvalue weighted by Gasteiger charge is -2.38. The van der Waals surface area contributed by atoms with E-state index in [1.54, 1.807) is 0 Å². The average molecular weight is 346 g/mol. The normalized spacial score (nSPS) is 23.0. The first-order valence-corrected chi connectivity index (χ1v) is 9.23. The van der Waals surface area contributed by atoms with Gasteiger partial charge in [-0.1, -0.05) is 6.07 Å². The van der Waals surface area contributed by atoms with Crippen molar-refractivity contribution < 1.29 is 9.53 Å². The van der Waals surface area contributed by atoms with Gasteiger partial charge in [0, 0.05) is 56.7 Å². The van der Waals surface area contributed by atoms with Gasteiger partial charge in [-0.05, 0) is 39.1 Å². The summed E-state index contributed by atoms with van der Waals surface area (Å²) in [4.78, 5) is 19.4. The molecule has 0 bridgehead atoms. The zero-order valence-corrected chi connectivity index (χ0v) is 15.6. The summed E-state index contributed by atoms with van der Waals surface area (Å²) in [6.07, 6.45) is -0.392. The second-order valence-electron chi connectivity index (χ2n) is 7.28. The van der Waals surface area contributed by atoms with Gasteiger partial charge in [0.1, 0.15) is 6.10 Å². The molecule has 2 saturated heterocycles. The minimum absolute atomic E-state index is 0.0617. The molecule has 1 amide bonds. The standard InChI is InChI=1S/C19H30N4O2/c1-15(2)22-7-9-23(10-8-22)17-6-4-5-16(13-17)20-19(24)18-14-21(3)11-12-25-18/h4-6,13,15,18H,7-12,14H2,1-3H3,(H,20,24)/t18-/m0/s1. The predicted octanol–water partition coefficient (Wildman–Crippen LogP) is 1.49. The van der Waals surface area contributed by atoms with E-state index in [4.69, 9.17) is 4.74 Å². The van der Waals surface area contributed by atoms with Crippen molar-refractivity contribution in [1.82, 2.24) is 9.80 Å². The molecule has 0 aliphatic carbocycles. The van der Waals surface area contributed by atoms with E-state index in [-0.39, 0.29) is 5.91 Å². The molecule has 3 rings (SSSR count). The van der Waals surface area contributed by atoms with Crippen LogP contribution in [0.25, 0.3) is 0 Å². The minimum atomic E-state index is -0.392. The maximum Gasteiger partial charge on any atom is 0.254 e. The Balaban J connectivity index is 1.59. The van der Waals surface area contributed by atoms with Crippen molar-refractivity contribution >= 4 is 17.3 Å². The lowest BCUT2D eigenvalue weighted by molar-refractivity contribution is -0.132. The third-order valence-corrected chi connectivity index (χ3v) is 5.09. The molecule has 2 aliphatic rings. The Kier molecular flexibility index (Phi) is 5.93. The van der Waals surface area contributed by atoms with Crippen LogP contribution in [0.4, 0.5) is 11.4 Å². The molecule has 2 aliphatic heterocycles. The first-order chi connectivity index (χ1) is 12.0. The molecule has 2 fully saturated rings. The van der Waals surface area contributed by atoms with Gasteiger partial charge in [-0.25, -0.2) is 0 Å². The van der Waals surface area contributed by atoms with Gasteiger partial charge in [0.05, 0.1) is 6.61 Å². The molecule has 2 heterocycles. The number of amides is 1. The van der Waals surface area contributed by atoms with Gasteiger partial charge in [-0.3, -0.25) is 9.69 Å². The number of piperazine rings is 1. The summed E-state index contributed by atoms with van der Waals surface area (Å²) in [7, 11) is 2.01. The van der Waals surface area contributed by atoms with E-state index in [2.05, 4.69) is 46.0 Å². The van der Waals surface area contributed by atoms with E-state index in [1.807, 2.05) is 19.2 Å². The third-order valence-electron chi connectivity index (χ3n) is 5.09. The summed E-state index contributed by atoms with van der Waals surface area (Å²) in [6, 6.07) is 8.73. The van der Waals surface area contributed by atoms with Crippen LogP contribution >= 0.6 is 0 Å². The minimum Gasteiger partial charge on any atom is -0.369 e. The van der Waals surface area contributed by atoms with Gasteiger partial charge in [-0.15, -0.1) is 0 Å². The van der Waals surface area contributed by atoms with Crippen LogP contribution < -0.4 is 10.2 Å². The Bertz CT molecular complexity index is 585. The van der Waals surface area contributed by atoms with Crippen molar-refractivity contribution in [2.45, 2.75) is 26.0 Å². The highest BCUT2D eigenvalue weighted by Crippen LogP contribution is 2.22. The number of hydrogen-bond donors (Lipinski definition) is 1. The van der Waals surface area contributed by atoms with Gasteiger partial charge in [0.25, 0.3) is 5.91 Å². The maximum absolute atomic E-state index is 12.4. The number of nitrogens with one attached hydrogen (secondary N) is 1. The molecule has 1 N–H and O–H groups in total. The van der Waals surface area contributed by atoms with Crippen molar-refractivity contribution in [3.8, 4) is 0 Å². The quantitative estimate of drug-likeness (QED) is 0.895. The third kappa shape index (κ3) is 4.71. The lowest BCUT2D eigenvalue weighted by Crippen LogP contribution is -2.49. The lowest BCUT2D eigenvalue weighted by atomic mass is 10.2. The highest BCUT2D eigenvalue weighted by Gasteiger charge is 2.25. The molecule has 1 aromatic rings. The van der Waals surface area contributed by atoms with Gasteiger partial charge in [-0.2, -0.15) is 0 Å². The topological polar surface area (TPSA) is 48.0 Å². The van der Waals surface area contributed by atoms with Crippen LogP contribution in [0, 0.1) is 0 Å². The number of rotatable bonds is 4. The number of carbonyl (C=O) groups is 1. The van der Waals surface area contributed by atoms with Crippen molar-refractivity contribution in [1.29, 1.82) is 0 Å². The molecule has 25 heavy (non-hydrogen) atoms. The van der Waals surface area contributed by atoms with Crippen LogP contribution in [0.1, 0.15) is 13.8 Å². The monoisotopic (exact) mass is 346 g/mol. The highest BCUT2D eigenvalue weighted by atomic mass is 16.5. The van der Waals surface area contributed by atoms with Crippen LogP contribution in [0.15, 0.2) is 24.3 Å². The molecule has 6 nitrogen and oxygen atoms in total. The van der Waals surface area contributed by atoms with Crippen molar-refractivity contribution in [3.63, 3.8) is 0 Å². The number of likely N-dealkylation sites (N-methyl/N-ethyl adjacent to an activating group) is 1. The van der Waals surface area contributed by atoms with E-state index < -0.39 is 6.10 Å². The summed E-state index contributed by atoms with van der Waals surface area (Å²) in [5, 5.41) is 3.01. The molecule has 1 atom stereocenters. The molecular formula is C19H30N4O2. The summed E-state index contributed by atoms with van der Waals surface area (Å²) < 4.78 is 5.59. The molecule has 0 saturated carbocycles. The largest absolute Gasteiger partial charge is 0.369 e. The number of carbonyl (C=O) groups excluding carboxylic acids is 1. The maximum atomic E-state index is 12.4. The number of nitrogens with zero attached hydrogens (tertiary/aromatic N) is 3. The summed E-state index contributed by atoms with van der Waals surface area (Å²) in [5.41, 5.74) is 2.01. The fourth-order valence-corrected chi connectivity index (χ4v) is 3.44. The summed E-state index contributed by atoms with van der Waals surface area (Å²) >= 11 is 0. The second kappa shape index (κ2) is 8.17. The van der Waals surface area contributed by atoms with Crippen LogP contribution in [0.5, 0.6) is 0 Å². The summed E-state index contributed by atoms with van der Waals surface area (Å²) in [5.74, 6) is -0.0617. The van der Waals surface area contributed by atoms with E-state index >= 15 is 0 Å². The van der Waals surface area contributed by atoms with Crippen molar-refractivity contribution in [3.05, 3.63) is 24.3 Å². The van der Waals surface area contributed by atoms with Gasteiger partial charge in [0.2, 0.25) is 0 Å². The molecule has 0 aromatic heterocycles. The second-order valence-corrected chi connectivity index (χ2v) is 7.28. The molecular weight excluding hydrogens is 316 g/mol.